The third kappa shape index (κ3) is 4.16. The molecule has 0 saturated carbocycles. The van der Waals surface area contributed by atoms with Gasteiger partial charge in [-0.25, -0.2) is 13.1 Å². The molecule has 2 aromatic carbocycles. The van der Waals surface area contributed by atoms with Crippen LogP contribution >= 0.6 is 0 Å². The standard InChI is InChI=1S/C16H15N3O3S/c1-18-16(20)14-4-2-3-13(9-14)11-19-23(21,22)15-7-5-12(10-17)6-8-15/h2-9,19H,11H2,1H3,(H,18,20). The van der Waals surface area contributed by atoms with Gasteiger partial charge in [0.2, 0.25) is 10.0 Å². The van der Waals surface area contributed by atoms with Gasteiger partial charge in [-0.05, 0) is 42.0 Å². The number of carbonyl (C=O) groups excluding carboxylic acids is 1. The number of nitriles is 1. The molecule has 0 unspecified atom stereocenters. The van der Waals surface area contributed by atoms with E-state index in [9.17, 15) is 13.2 Å². The normalized spacial score (nSPS) is 10.8. The minimum Gasteiger partial charge on any atom is -0.355 e. The van der Waals surface area contributed by atoms with Gasteiger partial charge in [0.25, 0.3) is 5.91 Å². The Morgan fingerprint density at radius 2 is 1.87 bits per heavy atom. The molecule has 0 radical (unpaired) electrons. The Labute approximate surface area is 134 Å². The fourth-order valence-corrected chi connectivity index (χ4v) is 2.95. The number of benzene rings is 2. The molecule has 0 atom stereocenters. The van der Waals surface area contributed by atoms with E-state index >= 15 is 0 Å². The maximum Gasteiger partial charge on any atom is 0.251 e. The molecule has 0 aliphatic rings. The highest BCUT2D eigenvalue weighted by atomic mass is 32.2. The van der Waals surface area contributed by atoms with Crippen molar-refractivity contribution in [1.82, 2.24) is 10.0 Å². The van der Waals surface area contributed by atoms with Crippen molar-refractivity contribution in [2.75, 3.05) is 7.05 Å². The predicted molar refractivity (Wildman–Crippen MR) is 85.0 cm³/mol. The molecule has 118 valence electrons. The second-order valence-corrected chi connectivity index (χ2v) is 6.51. The first-order valence-corrected chi connectivity index (χ1v) is 8.25. The van der Waals surface area contributed by atoms with Crippen LogP contribution in [0.1, 0.15) is 21.5 Å². The van der Waals surface area contributed by atoms with Crippen molar-refractivity contribution >= 4 is 15.9 Å². The minimum atomic E-state index is -3.68. The van der Waals surface area contributed by atoms with Crippen LogP contribution in [0.15, 0.2) is 53.4 Å². The van der Waals surface area contributed by atoms with E-state index in [2.05, 4.69) is 10.0 Å². The van der Waals surface area contributed by atoms with E-state index < -0.39 is 10.0 Å². The maximum absolute atomic E-state index is 12.2. The van der Waals surface area contributed by atoms with Gasteiger partial charge in [0, 0.05) is 19.2 Å². The monoisotopic (exact) mass is 329 g/mol. The number of hydrogen-bond donors (Lipinski definition) is 2. The van der Waals surface area contributed by atoms with Gasteiger partial charge in [0.15, 0.2) is 0 Å². The lowest BCUT2D eigenvalue weighted by Gasteiger charge is -2.08. The number of carbonyl (C=O) groups is 1. The summed E-state index contributed by atoms with van der Waals surface area (Å²) in [7, 11) is -2.15. The molecule has 0 aromatic heterocycles. The number of sulfonamides is 1. The van der Waals surface area contributed by atoms with Crippen molar-refractivity contribution < 1.29 is 13.2 Å². The Morgan fingerprint density at radius 1 is 1.17 bits per heavy atom. The van der Waals surface area contributed by atoms with Crippen molar-refractivity contribution in [1.29, 1.82) is 5.26 Å². The van der Waals surface area contributed by atoms with Crippen molar-refractivity contribution in [2.24, 2.45) is 0 Å². The first-order valence-electron chi connectivity index (χ1n) is 6.77. The molecule has 0 aliphatic carbocycles. The Bertz CT molecular complexity index is 853. The van der Waals surface area contributed by atoms with Gasteiger partial charge in [-0.15, -0.1) is 0 Å². The van der Waals surface area contributed by atoms with E-state index in [1.165, 1.54) is 31.3 Å². The fraction of sp³-hybridized carbons (Fsp3) is 0.125. The Morgan fingerprint density at radius 3 is 2.48 bits per heavy atom. The van der Waals surface area contributed by atoms with E-state index in [1.807, 2.05) is 6.07 Å². The van der Waals surface area contributed by atoms with Crippen LogP contribution in [0.2, 0.25) is 0 Å². The lowest BCUT2D eigenvalue weighted by atomic mass is 10.1. The van der Waals surface area contributed by atoms with E-state index in [-0.39, 0.29) is 17.3 Å². The SMILES string of the molecule is CNC(=O)c1cccc(CNS(=O)(=O)c2ccc(C#N)cc2)c1. The summed E-state index contributed by atoms with van der Waals surface area (Å²) in [5.74, 6) is -0.234. The van der Waals surface area contributed by atoms with Gasteiger partial charge < -0.3 is 5.32 Å². The average Bonchev–Trinajstić information content (AvgIpc) is 2.59. The van der Waals surface area contributed by atoms with Crippen molar-refractivity contribution in [3.8, 4) is 6.07 Å². The molecule has 2 aromatic rings. The number of amides is 1. The number of rotatable bonds is 5. The fourth-order valence-electron chi connectivity index (χ4n) is 1.94. The summed E-state index contributed by atoms with van der Waals surface area (Å²) in [5, 5.41) is 11.2. The molecule has 23 heavy (non-hydrogen) atoms. The van der Waals surface area contributed by atoms with Gasteiger partial charge in [0.1, 0.15) is 0 Å². The summed E-state index contributed by atoms with van der Waals surface area (Å²) in [4.78, 5) is 11.7. The van der Waals surface area contributed by atoms with Crippen LogP contribution < -0.4 is 10.0 Å². The lowest BCUT2D eigenvalue weighted by molar-refractivity contribution is 0.0963. The van der Waals surface area contributed by atoms with E-state index in [1.54, 1.807) is 24.3 Å². The molecule has 0 heterocycles. The van der Waals surface area contributed by atoms with E-state index in [0.717, 1.165) is 0 Å². The van der Waals surface area contributed by atoms with Crippen LogP contribution in [0.4, 0.5) is 0 Å². The molecule has 0 saturated heterocycles. The number of nitrogens with one attached hydrogen (secondary N) is 2. The predicted octanol–water partition coefficient (Wildman–Crippen LogP) is 1.40. The zero-order valence-electron chi connectivity index (χ0n) is 12.4. The molecule has 0 fully saturated rings. The van der Waals surface area contributed by atoms with Gasteiger partial charge in [0.05, 0.1) is 16.5 Å². The quantitative estimate of drug-likeness (QED) is 0.866. The lowest BCUT2D eigenvalue weighted by Crippen LogP contribution is -2.23. The van der Waals surface area contributed by atoms with Crippen molar-refractivity contribution in [2.45, 2.75) is 11.4 Å². The second-order valence-electron chi connectivity index (χ2n) is 4.74. The summed E-state index contributed by atoms with van der Waals surface area (Å²) >= 11 is 0. The molecular formula is C16H15N3O3S. The highest BCUT2D eigenvalue weighted by Crippen LogP contribution is 2.11. The largest absolute Gasteiger partial charge is 0.355 e. The van der Waals surface area contributed by atoms with Crippen LogP contribution in [-0.4, -0.2) is 21.4 Å². The summed E-state index contributed by atoms with van der Waals surface area (Å²) in [6.45, 7) is 0.0627. The Kier molecular flexibility index (Phi) is 5.11. The van der Waals surface area contributed by atoms with Gasteiger partial charge >= 0.3 is 0 Å². The number of nitrogens with zero attached hydrogens (tertiary/aromatic N) is 1. The van der Waals surface area contributed by atoms with Crippen LogP contribution in [0.25, 0.3) is 0 Å². The second kappa shape index (κ2) is 7.05. The van der Waals surface area contributed by atoms with E-state index in [0.29, 0.717) is 16.7 Å². The average molecular weight is 329 g/mol. The Hall–Kier alpha value is -2.69. The zero-order valence-corrected chi connectivity index (χ0v) is 13.2. The number of hydrogen-bond acceptors (Lipinski definition) is 4. The molecule has 2 N–H and O–H groups in total. The molecule has 0 aliphatic heterocycles. The van der Waals surface area contributed by atoms with Gasteiger partial charge in [-0.2, -0.15) is 5.26 Å². The molecule has 1 amide bonds. The van der Waals surface area contributed by atoms with Crippen LogP contribution in [0, 0.1) is 11.3 Å². The van der Waals surface area contributed by atoms with Gasteiger partial charge in [-0.1, -0.05) is 12.1 Å². The summed E-state index contributed by atoms with van der Waals surface area (Å²) < 4.78 is 26.9. The van der Waals surface area contributed by atoms with Crippen LogP contribution in [0.5, 0.6) is 0 Å². The third-order valence-corrected chi connectivity index (χ3v) is 4.59. The highest BCUT2D eigenvalue weighted by Gasteiger charge is 2.14. The molecule has 2 rings (SSSR count). The van der Waals surface area contributed by atoms with Crippen molar-refractivity contribution in [3.63, 3.8) is 0 Å². The molecule has 0 bridgehead atoms. The summed E-state index contributed by atoms with van der Waals surface area (Å²) in [5.41, 5.74) is 1.52. The minimum absolute atomic E-state index is 0.0627. The van der Waals surface area contributed by atoms with Crippen LogP contribution in [-0.2, 0) is 16.6 Å². The summed E-state index contributed by atoms with van der Waals surface area (Å²) in [6.07, 6.45) is 0. The van der Waals surface area contributed by atoms with Crippen molar-refractivity contribution in [3.05, 3.63) is 65.2 Å². The zero-order chi connectivity index (χ0) is 16.9. The van der Waals surface area contributed by atoms with E-state index in [4.69, 9.17) is 5.26 Å². The third-order valence-electron chi connectivity index (χ3n) is 3.18. The maximum atomic E-state index is 12.2. The van der Waals surface area contributed by atoms with Crippen LogP contribution in [0.3, 0.4) is 0 Å². The first kappa shape index (κ1) is 16.7. The molecule has 0 spiro atoms. The topological polar surface area (TPSA) is 99.1 Å². The Balaban J connectivity index is 2.13. The highest BCUT2D eigenvalue weighted by molar-refractivity contribution is 7.89. The molecular weight excluding hydrogens is 314 g/mol. The molecule has 7 heteroatoms. The van der Waals surface area contributed by atoms with Gasteiger partial charge in [-0.3, -0.25) is 4.79 Å². The first-order chi connectivity index (χ1) is 11.0. The smallest absolute Gasteiger partial charge is 0.251 e. The molecule has 6 nitrogen and oxygen atoms in total. The summed E-state index contributed by atoms with van der Waals surface area (Å²) in [6, 6.07) is 14.3.